The summed E-state index contributed by atoms with van der Waals surface area (Å²) < 4.78 is 10.2. The molecule has 0 radical (unpaired) electrons. The van der Waals surface area contributed by atoms with Crippen LogP contribution < -0.4 is 10.6 Å². The van der Waals surface area contributed by atoms with Crippen LogP contribution in [0.5, 0.6) is 0 Å². The largest absolute Gasteiger partial charge is 0.466 e. The summed E-state index contributed by atoms with van der Waals surface area (Å²) in [5.74, 6) is -1.16. The highest BCUT2D eigenvalue weighted by Gasteiger charge is 2.43. The summed E-state index contributed by atoms with van der Waals surface area (Å²) in [5.41, 5.74) is 1.07. The Kier molecular flexibility index (Phi) is 10.1. The fourth-order valence-corrected chi connectivity index (χ4v) is 3.63. The number of benzene rings is 1. The van der Waals surface area contributed by atoms with Crippen molar-refractivity contribution < 1.29 is 28.7 Å². The first-order valence-corrected chi connectivity index (χ1v) is 12.3. The Labute approximate surface area is 207 Å². The van der Waals surface area contributed by atoms with Gasteiger partial charge in [0.05, 0.1) is 13.0 Å². The molecule has 2 rings (SSSR count). The van der Waals surface area contributed by atoms with Gasteiger partial charge in [-0.15, -0.1) is 0 Å². The highest BCUT2D eigenvalue weighted by Crippen LogP contribution is 2.35. The van der Waals surface area contributed by atoms with E-state index in [1.165, 1.54) is 0 Å². The van der Waals surface area contributed by atoms with Gasteiger partial charge in [-0.1, -0.05) is 31.2 Å². The maximum atomic E-state index is 13.5. The van der Waals surface area contributed by atoms with E-state index in [4.69, 9.17) is 9.47 Å². The molecule has 2 N–H and O–H groups in total. The molecular formula is C26H39N3O6. The maximum Gasteiger partial charge on any atom is 0.408 e. The van der Waals surface area contributed by atoms with Gasteiger partial charge in [0.1, 0.15) is 17.7 Å². The molecule has 0 aliphatic heterocycles. The van der Waals surface area contributed by atoms with Gasteiger partial charge in [0.15, 0.2) is 0 Å². The highest BCUT2D eigenvalue weighted by atomic mass is 16.6. The normalized spacial score (nSPS) is 14.9. The number of nitrogens with one attached hydrogen (secondary N) is 2. The van der Waals surface area contributed by atoms with E-state index >= 15 is 0 Å². The molecule has 0 aromatic heterocycles. The van der Waals surface area contributed by atoms with Crippen molar-refractivity contribution in [2.75, 3.05) is 13.2 Å². The second-order valence-corrected chi connectivity index (χ2v) is 9.69. The number of esters is 1. The Bertz CT molecular complexity index is 889. The molecule has 0 heterocycles. The first-order valence-electron chi connectivity index (χ1n) is 12.3. The summed E-state index contributed by atoms with van der Waals surface area (Å²) in [4.78, 5) is 52.4. The van der Waals surface area contributed by atoms with Crippen LogP contribution in [0.1, 0.15) is 78.0 Å². The van der Waals surface area contributed by atoms with E-state index in [1.54, 1.807) is 39.5 Å². The smallest absolute Gasteiger partial charge is 0.408 e. The first-order chi connectivity index (χ1) is 16.5. The van der Waals surface area contributed by atoms with Crippen molar-refractivity contribution in [1.82, 2.24) is 15.5 Å². The monoisotopic (exact) mass is 489 g/mol. The average molecular weight is 490 g/mol. The summed E-state index contributed by atoms with van der Waals surface area (Å²) in [6, 6.07) is 5.67. The van der Waals surface area contributed by atoms with Crippen LogP contribution in [0.4, 0.5) is 4.79 Å². The van der Waals surface area contributed by atoms with Gasteiger partial charge in [0.25, 0.3) is 0 Å². The molecule has 3 amide bonds. The number of rotatable bonds is 11. The van der Waals surface area contributed by atoms with Crippen LogP contribution in [0.15, 0.2) is 24.3 Å². The topological polar surface area (TPSA) is 114 Å². The molecule has 1 saturated carbocycles. The average Bonchev–Trinajstić information content (AvgIpc) is 3.61. The molecule has 9 heteroatoms. The van der Waals surface area contributed by atoms with Crippen molar-refractivity contribution in [2.45, 2.75) is 91.0 Å². The van der Waals surface area contributed by atoms with E-state index in [2.05, 4.69) is 10.6 Å². The minimum atomic E-state index is -0.897. The highest BCUT2D eigenvalue weighted by molar-refractivity contribution is 5.92. The van der Waals surface area contributed by atoms with E-state index in [0.717, 1.165) is 24.8 Å². The molecule has 0 saturated heterocycles. The van der Waals surface area contributed by atoms with Crippen molar-refractivity contribution in [3.05, 3.63) is 35.4 Å². The number of nitrogens with zero attached hydrogens (tertiary/aromatic N) is 1. The molecule has 0 spiro atoms. The number of amides is 3. The number of alkyl carbamates (subject to hydrolysis) is 1. The molecule has 1 aromatic rings. The molecule has 0 bridgehead atoms. The van der Waals surface area contributed by atoms with Crippen molar-refractivity contribution in [3.8, 4) is 0 Å². The van der Waals surface area contributed by atoms with E-state index in [-0.39, 0.29) is 37.4 Å². The van der Waals surface area contributed by atoms with Crippen LogP contribution in [0.2, 0.25) is 0 Å². The molecule has 194 valence electrons. The predicted octanol–water partition coefficient (Wildman–Crippen LogP) is 3.26. The summed E-state index contributed by atoms with van der Waals surface area (Å²) in [6.45, 7) is 10.9. The lowest BCUT2D eigenvalue weighted by Crippen LogP contribution is -2.52. The van der Waals surface area contributed by atoms with E-state index in [0.29, 0.717) is 5.56 Å². The zero-order valence-electron chi connectivity index (χ0n) is 21.7. The lowest BCUT2D eigenvalue weighted by Gasteiger charge is -2.34. The second-order valence-electron chi connectivity index (χ2n) is 9.69. The Morgan fingerprint density at radius 3 is 2.23 bits per heavy atom. The van der Waals surface area contributed by atoms with Gasteiger partial charge in [-0.05, 0) is 65.0 Å². The summed E-state index contributed by atoms with van der Waals surface area (Å²) in [7, 11) is 0. The molecule has 1 aliphatic rings. The molecule has 1 aliphatic carbocycles. The van der Waals surface area contributed by atoms with E-state index < -0.39 is 29.7 Å². The van der Waals surface area contributed by atoms with Crippen LogP contribution in [-0.2, 0) is 30.3 Å². The SMILES string of the molecule is CCOC(=O)CCNC(=O)C(c1ccc(CC)cc1)N(C(=O)C(C)NC(=O)OC(C)(C)C)C1CC1. The van der Waals surface area contributed by atoms with Crippen LogP contribution in [0.25, 0.3) is 0 Å². The van der Waals surface area contributed by atoms with Gasteiger partial charge < -0.3 is 25.0 Å². The summed E-state index contributed by atoms with van der Waals surface area (Å²) in [6.07, 6.45) is 1.72. The number of hydrogen-bond acceptors (Lipinski definition) is 6. The summed E-state index contributed by atoms with van der Waals surface area (Å²) >= 11 is 0. The Morgan fingerprint density at radius 1 is 1.09 bits per heavy atom. The molecule has 2 atom stereocenters. The Morgan fingerprint density at radius 2 is 1.71 bits per heavy atom. The third-order valence-electron chi connectivity index (χ3n) is 5.46. The van der Waals surface area contributed by atoms with Gasteiger partial charge in [0.2, 0.25) is 11.8 Å². The van der Waals surface area contributed by atoms with Gasteiger partial charge in [-0.2, -0.15) is 0 Å². The van der Waals surface area contributed by atoms with Crippen LogP contribution in [0, 0.1) is 0 Å². The number of carbonyl (C=O) groups is 4. The van der Waals surface area contributed by atoms with Crippen molar-refractivity contribution in [1.29, 1.82) is 0 Å². The van der Waals surface area contributed by atoms with Crippen molar-refractivity contribution in [2.24, 2.45) is 0 Å². The fourth-order valence-electron chi connectivity index (χ4n) is 3.63. The Hall–Kier alpha value is -3.10. The number of carbonyl (C=O) groups excluding carboxylic acids is 4. The minimum Gasteiger partial charge on any atom is -0.466 e. The zero-order valence-corrected chi connectivity index (χ0v) is 21.7. The van der Waals surface area contributed by atoms with Crippen molar-refractivity contribution in [3.63, 3.8) is 0 Å². The van der Waals surface area contributed by atoms with E-state index in [1.807, 2.05) is 31.2 Å². The third-order valence-corrected chi connectivity index (χ3v) is 5.46. The van der Waals surface area contributed by atoms with Crippen LogP contribution in [0.3, 0.4) is 0 Å². The standard InChI is InChI=1S/C26H39N3O6/c1-7-18-9-11-19(12-10-18)22(23(31)27-16-15-21(30)34-8-2)29(20-13-14-20)24(32)17(3)28-25(33)35-26(4,5)6/h9-12,17,20,22H,7-8,13-16H2,1-6H3,(H,27,31)(H,28,33). The first kappa shape index (κ1) is 28.1. The van der Waals surface area contributed by atoms with Gasteiger partial charge >= 0.3 is 12.1 Å². The van der Waals surface area contributed by atoms with Crippen LogP contribution >= 0.6 is 0 Å². The Balaban J connectivity index is 2.26. The number of aryl methyl sites for hydroxylation is 1. The molecule has 1 aromatic carbocycles. The lowest BCUT2D eigenvalue weighted by atomic mass is 10.0. The van der Waals surface area contributed by atoms with E-state index in [9.17, 15) is 19.2 Å². The zero-order chi connectivity index (χ0) is 26.2. The molecule has 9 nitrogen and oxygen atoms in total. The van der Waals surface area contributed by atoms with Gasteiger partial charge in [-0.3, -0.25) is 14.4 Å². The van der Waals surface area contributed by atoms with Crippen LogP contribution in [-0.4, -0.2) is 59.6 Å². The molecular weight excluding hydrogens is 450 g/mol. The van der Waals surface area contributed by atoms with Gasteiger partial charge in [-0.25, -0.2) is 4.79 Å². The van der Waals surface area contributed by atoms with Gasteiger partial charge in [0, 0.05) is 12.6 Å². The number of ether oxygens (including phenoxy) is 2. The summed E-state index contributed by atoms with van der Waals surface area (Å²) in [5, 5.41) is 5.37. The van der Waals surface area contributed by atoms with Crippen molar-refractivity contribution >= 4 is 23.9 Å². The maximum absolute atomic E-state index is 13.5. The number of hydrogen-bond donors (Lipinski definition) is 2. The quantitative estimate of drug-likeness (QED) is 0.461. The fraction of sp³-hybridized carbons (Fsp3) is 0.615. The molecule has 2 unspecified atom stereocenters. The minimum absolute atomic E-state index is 0.0368. The third kappa shape index (κ3) is 8.88. The second kappa shape index (κ2) is 12.6. The lowest BCUT2D eigenvalue weighted by molar-refractivity contribution is -0.144. The predicted molar refractivity (Wildman–Crippen MR) is 132 cm³/mol. The molecule has 1 fully saturated rings. The molecule has 35 heavy (non-hydrogen) atoms.